The van der Waals surface area contributed by atoms with Gasteiger partial charge in [-0.05, 0) is 6.92 Å². The summed E-state index contributed by atoms with van der Waals surface area (Å²) in [6.45, 7) is 0.962. The van der Waals surface area contributed by atoms with Gasteiger partial charge in [0.1, 0.15) is 17.1 Å². The van der Waals surface area contributed by atoms with Crippen molar-refractivity contribution in [2.75, 3.05) is 0 Å². The van der Waals surface area contributed by atoms with Gasteiger partial charge < -0.3 is 9.52 Å². The van der Waals surface area contributed by atoms with Crippen molar-refractivity contribution in [1.82, 2.24) is 0 Å². The normalized spacial score (nSPS) is 11.7. The minimum absolute atomic E-state index is 0.385. The molecular weight excluding hydrogens is 189 g/mol. The zero-order valence-corrected chi connectivity index (χ0v) is 6.47. The Bertz CT molecular complexity index is 351. The second-order valence-electron chi connectivity index (χ2n) is 2.38. The van der Waals surface area contributed by atoms with Crippen LogP contribution in [0.3, 0.4) is 0 Å². The number of hydrogen-bond donors (Lipinski definition) is 1. The van der Waals surface area contributed by atoms with Crippen LogP contribution in [0.5, 0.6) is 5.75 Å². The van der Waals surface area contributed by atoms with Crippen LogP contribution in [0, 0.1) is 6.92 Å². The lowest BCUT2D eigenvalue weighted by molar-refractivity contribution is -0.140. The second-order valence-corrected chi connectivity index (χ2v) is 2.38. The fraction of sp³-hybridized carbons (Fsp3) is 0.286. The summed E-state index contributed by atoms with van der Waals surface area (Å²) < 4.78 is 40.5. The summed E-state index contributed by atoms with van der Waals surface area (Å²) in [5.74, 6) is -1.75. The molecule has 0 bridgehead atoms. The summed E-state index contributed by atoms with van der Waals surface area (Å²) in [5.41, 5.74) is -2.32. The first kappa shape index (κ1) is 9.63. The molecule has 0 aromatic carbocycles. The van der Waals surface area contributed by atoms with E-state index in [0.29, 0.717) is 6.07 Å². The lowest BCUT2D eigenvalue weighted by atomic mass is 10.2. The monoisotopic (exact) mass is 194 g/mol. The van der Waals surface area contributed by atoms with Crippen LogP contribution in [0.2, 0.25) is 0 Å². The van der Waals surface area contributed by atoms with E-state index < -0.39 is 28.9 Å². The third-order valence-electron chi connectivity index (χ3n) is 1.40. The molecule has 13 heavy (non-hydrogen) atoms. The Kier molecular flexibility index (Phi) is 2.07. The van der Waals surface area contributed by atoms with E-state index in [9.17, 15) is 18.0 Å². The van der Waals surface area contributed by atoms with Crippen molar-refractivity contribution in [3.63, 3.8) is 0 Å². The Morgan fingerprint density at radius 2 is 2.00 bits per heavy atom. The highest BCUT2D eigenvalue weighted by molar-refractivity contribution is 5.34. The Labute approximate surface area is 70.4 Å². The van der Waals surface area contributed by atoms with Gasteiger partial charge in [0.2, 0.25) is 0 Å². The van der Waals surface area contributed by atoms with Crippen molar-refractivity contribution in [3.8, 4) is 5.75 Å². The maximum Gasteiger partial charge on any atom is 0.423 e. The Hall–Kier alpha value is -1.46. The number of halogens is 3. The van der Waals surface area contributed by atoms with Gasteiger partial charge in [-0.25, -0.2) is 4.79 Å². The Balaban J connectivity index is 3.47. The minimum Gasteiger partial charge on any atom is -0.507 e. The Morgan fingerprint density at radius 3 is 2.38 bits per heavy atom. The summed E-state index contributed by atoms with van der Waals surface area (Å²) in [6.07, 6.45) is -4.72. The van der Waals surface area contributed by atoms with Gasteiger partial charge in [0, 0.05) is 0 Å². The van der Waals surface area contributed by atoms with Crippen LogP contribution >= 0.6 is 0 Å². The standard InChI is InChI=1S/C7H5F3O3/c1-3-6(7(8,9)10)4(11)2-5(12)13-3/h2,11H,1H3. The summed E-state index contributed by atoms with van der Waals surface area (Å²) in [4.78, 5) is 10.5. The molecule has 6 heteroatoms. The van der Waals surface area contributed by atoms with E-state index >= 15 is 0 Å². The molecule has 0 saturated heterocycles. The highest BCUT2D eigenvalue weighted by atomic mass is 19.4. The predicted octanol–water partition coefficient (Wildman–Crippen LogP) is 1.67. The number of rotatable bonds is 0. The third kappa shape index (κ3) is 1.82. The second kappa shape index (κ2) is 2.79. The van der Waals surface area contributed by atoms with E-state index in [0.717, 1.165) is 6.92 Å². The van der Waals surface area contributed by atoms with Crippen LogP contribution in [-0.2, 0) is 6.18 Å². The van der Waals surface area contributed by atoms with Crippen molar-refractivity contribution >= 4 is 0 Å². The van der Waals surface area contributed by atoms with Gasteiger partial charge in [0.05, 0.1) is 6.07 Å². The molecule has 0 aliphatic rings. The van der Waals surface area contributed by atoms with Crippen molar-refractivity contribution < 1.29 is 22.7 Å². The first-order chi connectivity index (χ1) is 5.82. The third-order valence-corrected chi connectivity index (χ3v) is 1.40. The molecule has 0 aliphatic carbocycles. The molecule has 0 spiro atoms. The zero-order chi connectivity index (χ0) is 10.2. The average molecular weight is 194 g/mol. The fourth-order valence-electron chi connectivity index (χ4n) is 0.940. The van der Waals surface area contributed by atoms with Gasteiger partial charge in [0.15, 0.2) is 0 Å². The van der Waals surface area contributed by atoms with E-state index in [4.69, 9.17) is 5.11 Å². The van der Waals surface area contributed by atoms with Gasteiger partial charge in [0.25, 0.3) is 0 Å². The van der Waals surface area contributed by atoms with E-state index in [1.807, 2.05) is 0 Å². The smallest absolute Gasteiger partial charge is 0.423 e. The molecule has 72 valence electrons. The van der Waals surface area contributed by atoms with Gasteiger partial charge in [-0.1, -0.05) is 0 Å². The zero-order valence-electron chi connectivity index (χ0n) is 6.47. The molecule has 0 radical (unpaired) electrons. The van der Waals surface area contributed by atoms with E-state index in [2.05, 4.69) is 4.42 Å². The maximum absolute atomic E-state index is 12.1. The van der Waals surface area contributed by atoms with Crippen molar-refractivity contribution in [2.24, 2.45) is 0 Å². The number of aryl methyl sites for hydroxylation is 1. The lowest BCUT2D eigenvalue weighted by Gasteiger charge is -2.09. The van der Waals surface area contributed by atoms with Gasteiger partial charge in [-0.15, -0.1) is 0 Å². The SMILES string of the molecule is Cc1oc(=O)cc(O)c1C(F)(F)F. The largest absolute Gasteiger partial charge is 0.507 e. The van der Waals surface area contributed by atoms with Crippen molar-refractivity contribution in [2.45, 2.75) is 13.1 Å². The van der Waals surface area contributed by atoms with E-state index in [1.54, 1.807) is 0 Å². The molecule has 0 saturated carbocycles. The van der Waals surface area contributed by atoms with Gasteiger partial charge >= 0.3 is 11.8 Å². The van der Waals surface area contributed by atoms with Crippen LogP contribution in [-0.4, -0.2) is 5.11 Å². The number of aromatic hydroxyl groups is 1. The first-order valence-electron chi connectivity index (χ1n) is 3.23. The summed E-state index contributed by atoms with van der Waals surface area (Å²) >= 11 is 0. The quantitative estimate of drug-likeness (QED) is 0.683. The van der Waals surface area contributed by atoms with E-state index in [-0.39, 0.29) is 0 Å². The highest BCUT2D eigenvalue weighted by Gasteiger charge is 2.37. The minimum atomic E-state index is -4.72. The molecule has 0 unspecified atom stereocenters. The molecule has 1 aromatic heterocycles. The molecule has 1 rings (SSSR count). The van der Waals surface area contributed by atoms with Crippen LogP contribution in [0.25, 0.3) is 0 Å². The predicted molar refractivity (Wildman–Crippen MR) is 36.4 cm³/mol. The average Bonchev–Trinajstić information content (AvgIpc) is 1.78. The maximum atomic E-state index is 12.1. The molecule has 0 amide bonds. The van der Waals surface area contributed by atoms with Crippen LogP contribution in [0.1, 0.15) is 11.3 Å². The lowest BCUT2D eigenvalue weighted by Crippen LogP contribution is -2.11. The molecule has 0 aliphatic heterocycles. The molecule has 1 heterocycles. The van der Waals surface area contributed by atoms with Crippen LogP contribution in [0.15, 0.2) is 15.3 Å². The molecule has 3 nitrogen and oxygen atoms in total. The molecule has 0 atom stereocenters. The molecular formula is C7H5F3O3. The topological polar surface area (TPSA) is 50.4 Å². The molecule has 1 aromatic rings. The van der Waals surface area contributed by atoms with Gasteiger partial charge in [-0.3, -0.25) is 0 Å². The Morgan fingerprint density at radius 1 is 1.46 bits per heavy atom. The highest BCUT2D eigenvalue weighted by Crippen LogP contribution is 2.36. The fourth-order valence-corrected chi connectivity index (χ4v) is 0.940. The molecule has 1 N–H and O–H groups in total. The number of alkyl halides is 3. The van der Waals surface area contributed by atoms with Crippen LogP contribution in [0.4, 0.5) is 13.2 Å². The van der Waals surface area contributed by atoms with Crippen molar-refractivity contribution in [3.05, 3.63) is 27.8 Å². The van der Waals surface area contributed by atoms with Crippen molar-refractivity contribution in [1.29, 1.82) is 0 Å². The summed E-state index contributed by atoms with van der Waals surface area (Å²) in [7, 11) is 0. The van der Waals surface area contributed by atoms with Gasteiger partial charge in [-0.2, -0.15) is 13.2 Å². The van der Waals surface area contributed by atoms with E-state index in [1.165, 1.54) is 0 Å². The van der Waals surface area contributed by atoms with Crippen LogP contribution < -0.4 is 5.63 Å². The number of hydrogen-bond acceptors (Lipinski definition) is 3. The summed E-state index contributed by atoms with van der Waals surface area (Å²) in [5, 5.41) is 8.83. The first-order valence-corrected chi connectivity index (χ1v) is 3.23. The summed E-state index contributed by atoms with van der Waals surface area (Å²) in [6, 6.07) is 0.385. The molecule has 0 fully saturated rings.